The highest BCUT2D eigenvalue weighted by Crippen LogP contribution is 2.27. The summed E-state index contributed by atoms with van der Waals surface area (Å²) in [7, 11) is -3.66. The second kappa shape index (κ2) is 6.25. The normalized spacial score (nSPS) is 11.2. The van der Waals surface area contributed by atoms with Crippen LogP contribution in [-0.2, 0) is 10.0 Å². The maximum atomic E-state index is 12.3. The minimum absolute atomic E-state index is 0.0462. The van der Waals surface area contributed by atoms with E-state index in [1.54, 1.807) is 30.3 Å². The van der Waals surface area contributed by atoms with Crippen LogP contribution in [0, 0.1) is 0 Å². The lowest BCUT2D eigenvalue weighted by atomic mass is 10.2. The Morgan fingerprint density at radius 1 is 0.875 bits per heavy atom. The van der Waals surface area contributed by atoms with Gasteiger partial charge in [0.05, 0.1) is 11.9 Å². The van der Waals surface area contributed by atoms with E-state index in [-0.39, 0.29) is 11.9 Å². The van der Waals surface area contributed by atoms with Crippen LogP contribution in [0.3, 0.4) is 0 Å². The van der Waals surface area contributed by atoms with Crippen LogP contribution in [0.2, 0.25) is 0 Å². The first kappa shape index (κ1) is 15.9. The van der Waals surface area contributed by atoms with Gasteiger partial charge in [-0.25, -0.2) is 12.7 Å². The number of hydrogen-bond acceptors (Lipinski definition) is 6. The summed E-state index contributed by atoms with van der Waals surface area (Å²) in [6.07, 6.45) is 1.09. The maximum Gasteiger partial charge on any atom is 0.249 e. The van der Waals surface area contributed by atoms with Crippen LogP contribution in [0.25, 0.3) is 11.4 Å². The molecule has 1 heterocycles. The van der Waals surface area contributed by atoms with Crippen LogP contribution in [0.1, 0.15) is 0 Å². The van der Waals surface area contributed by atoms with Crippen molar-refractivity contribution in [1.82, 2.24) is 15.0 Å². The van der Waals surface area contributed by atoms with E-state index < -0.39 is 10.0 Å². The summed E-state index contributed by atoms with van der Waals surface area (Å²) in [6.45, 7) is 0. The fraction of sp³-hybridized carbons (Fsp3) is 0.0625. The lowest BCUT2D eigenvalue weighted by Gasteiger charge is -2.20. The summed E-state index contributed by atoms with van der Waals surface area (Å²) < 4.78 is 25.6. The van der Waals surface area contributed by atoms with E-state index in [1.807, 2.05) is 30.3 Å². The largest absolute Gasteiger partial charge is 0.368 e. The molecule has 0 aliphatic carbocycles. The second-order valence-electron chi connectivity index (χ2n) is 5.05. The molecule has 7 nitrogen and oxygen atoms in total. The zero-order chi connectivity index (χ0) is 17.2. The molecule has 1 aromatic heterocycles. The van der Waals surface area contributed by atoms with Crippen LogP contribution in [-0.4, -0.2) is 29.6 Å². The van der Waals surface area contributed by atoms with Gasteiger partial charge in [0, 0.05) is 5.56 Å². The fourth-order valence-corrected chi connectivity index (χ4v) is 3.09. The Balaban J connectivity index is 2.18. The predicted molar refractivity (Wildman–Crippen MR) is 93.1 cm³/mol. The number of benzene rings is 2. The van der Waals surface area contributed by atoms with Crippen molar-refractivity contribution in [1.29, 1.82) is 0 Å². The van der Waals surface area contributed by atoms with Gasteiger partial charge < -0.3 is 5.73 Å². The zero-order valence-corrected chi connectivity index (χ0v) is 13.7. The molecule has 0 saturated carbocycles. The summed E-state index contributed by atoms with van der Waals surface area (Å²) >= 11 is 0. The smallest absolute Gasteiger partial charge is 0.249 e. The number of rotatable bonds is 4. The van der Waals surface area contributed by atoms with Gasteiger partial charge in [-0.15, -0.1) is 0 Å². The highest BCUT2D eigenvalue weighted by Gasteiger charge is 2.24. The van der Waals surface area contributed by atoms with Crippen molar-refractivity contribution in [3.05, 3.63) is 60.7 Å². The summed E-state index contributed by atoms with van der Waals surface area (Å²) in [5, 5.41) is 0. The minimum atomic E-state index is -3.66. The van der Waals surface area contributed by atoms with Crippen molar-refractivity contribution in [2.45, 2.75) is 0 Å². The molecule has 3 rings (SSSR count). The molecule has 0 fully saturated rings. The molecule has 24 heavy (non-hydrogen) atoms. The second-order valence-corrected chi connectivity index (χ2v) is 6.88. The molecule has 0 amide bonds. The molecule has 2 N–H and O–H groups in total. The van der Waals surface area contributed by atoms with Gasteiger partial charge in [0.1, 0.15) is 0 Å². The van der Waals surface area contributed by atoms with Crippen LogP contribution in [0.15, 0.2) is 60.7 Å². The van der Waals surface area contributed by atoms with Crippen LogP contribution < -0.4 is 10.0 Å². The average Bonchev–Trinajstić information content (AvgIpc) is 2.55. The summed E-state index contributed by atoms with van der Waals surface area (Å²) in [5.41, 5.74) is 6.91. The monoisotopic (exact) mass is 341 g/mol. The number of aromatic nitrogens is 3. The van der Waals surface area contributed by atoms with Gasteiger partial charge in [-0.1, -0.05) is 48.5 Å². The number of nitrogen functional groups attached to an aromatic ring is 1. The van der Waals surface area contributed by atoms with Crippen molar-refractivity contribution in [2.24, 2.45) is 0 Å². The number of hydrogen-bond donors (Lipinski definition) is 1. The van der Waals surface area contributed by atoms with Gasteiger partial charge in [0.25, 0.3) is 0 Å². The molecule has 8 heteroatoms. The Hall–Kier alpha value is -3.00. The SMILES string of the molecule is CS(=O)(=O)N(c1ccccc1)c1nc(N)nc(-c2ccccc2)n1. The van der Waals surface area contributed by atoms with Crippen molar-refractivity contribution >= 4 is 27.6 Å². The van der Waals surface area contributed by atoms with E-state index in [9.17, 15) is 8.42 Å². The maximum absolute atomic E-state index is 12.3. The molecular formula is C16H15N5O2S. The van der Waals surface area contributed by atoms with Crippen molar-refractivity contribution in [3.8, 4) is 11.4 Å². The van der Waals surface area contributed by atoms with Gasteiger partial charge in [-0.05, 0) is 12.1 Å². The topological polar surface area (TPSA) is 102 Å². The molecule has 0 radical (unpaired) electrons. The number of para-hydroxylation sites is 1. The minimum Gasteiger partial charge on any atom is -0.368 e. The Bertz CT molecular complexity index is 947. The van der Waals surface area contributed by atoms with Gasteiger partial charge in [0.2, 0.25) is 21.9 Å². The lowest BCUT2D eigenvalue weighted by molar-refractivity contribution is 0.601. The zero-order valence-electron chi connectivity index (χ0n) is 12.9. The lowest BCUT2D eigenvalue weighted by Crippen LogP contribution is -2.27. The third-order valence-corrected chi connectivity index (χ3v) is 4.21. The number of nitrogens with zero attached hydrogens (tertiary/aromatic N) is 4. The molecule has 0 atom stereocenters. The fourth-order valence-electron chi connectivity index (χ4n) is 2.21. The molecule has 0 spiro atoms. The van der Waals surface area contributed by atoms with Crippen molar-refractivity contribution < 1.29 is 8.42 Å². The molecular weight excluding hydrogens is 326 g/mol. The summed E-state index contributed by atoms with van der Waals surface area (Å²) in [6, 6.07) is 17.7. The first-order valence-corrected chi connectivity index (χ1v) is 8.92. The van der Waals surface area contributed by atoms with Crippen LogP contribution >= 0.6 is 0 Å². The summed E-state index contributed by atoms with van der Waals surface area (Å²) in [5.74, 6) is 0.209. The van der Waals surface area contributed by atoms with E-state index >= 15 is 0 Å². The van der Waals surface area contributed by atoms with Gasteiger partial charge >= 0.3 is 0 Å². The molecule has 2 aromatic carbocycles. The van der Waals surface area contributed by atoms with E-state index in [2.05, 4.69) is 15.0 Å². The molecule has 3 aromatic rings. The van der Waals surface area contributed by atoms with E-state index in [0.29, 0.717) is 11.5 Å². The molecule has 0 aliphatic heterocycles. The first-order valence-electron chi connectivity index (χ1n) is 7.07. The molecule has 0 unspecified atom stereocenters. The van der Waals surface area contributed by atoms with E-state index in [4.69, 9.17) is 5.73 Å². The van der Waals surface area contributed by atoms with Gasteiger partial charge in [-0.3, -0.25) is 0 Å². The highest BCUT2D eigenvalue weighted by atomic mass is 32.2. The number of sulfonamides is 1. The molecule has 0 bridgehead atoms. The quantitative estimate of drug-likeness (QED) is 0.780. The summed E-state index contributed by atoms with van der Waals surface area (Å²) in [4.78, 5) is 12.4. The Labute approximate surface area is 139 Å². The van der Waals surface area contributed by atoms with Gasteiger partial charge in [0.15, 0.2) is 5.82 Å². The third-order valence-electron chi connectivity index (χ3n) is 3.18. The number of nitrogens with two attached hydrogens (primary N) is 1. The third kappa shape index (κ3) is 3.33. The standard InChI is InChI=1S/C16H15N5O2S/c1-24(22,23)21(13-10-6-3-7-11-13)16-19-14(18-15(17)20-16)12-8-4-2-5-9-12/h2-11H,1H3,(H2,17,18,19,20). The number of anilines is 3. The van der Waals surface area contributed by atoms with Gasteiger partial charge in [-0.2, -0.15) is 15.0 Å². The van der Waals surface area contributed by atoms with Crippen LogP contribution in [0.4, 0.5) is 17.6 Å². The highest BCUT2D eigenvalue weighted by molar-refractivity contribution is 7.92. The Kier molecular flexibility index (Phi) is 4.13. The average molecular weight is 341 g/mol. The Morgan fingerprint density at radius 2 is 1.46 bits per heavy atom. The first-order chi connectivity index (χ1) is 11.4. The van der Waals surface area contributed by atoms with Crippen molar-refractivity contribution in [3.63, 3.8) is 0 Å². The van der Waals surface area contributed by atoms with E-state index in [0.717, 1.165) is 16.1 Å². The van der Waals surface area contributed by atoms with Crippen molar-refractivity contribution in [2.75, 3.05) is 16.3 Å². The molecule has 0 aliphatic rings. The Morgan fingerprint density at radius 3 is 2.04 bits per heavy atom. The van der Waals surface area contributed by atoms with E-state index in [1.165, 1.54) is 0 Å². The van der Waals surface area contributed by atoms with Crippen LogP contribution in [0.5, 0.6) is 0 Å². The predicted octanol–water partition coefficient (Wildman–Crippen LogP) is 2.22. The molecule has 122 valence electrons. The molecule has 0 saturated heterocycles.